The van der Waals surface area contributed by atoms with E-state index in [0.29, 0.717) is 11.5 Å². The summed E-state index contributed by atoms with van der Waals surface area (Å²) in [4.78, 5) is 2.61. The molecule has 2 heteroatoms. The quantitative estimate of drug-likeness (QED) is 0.737. The third-order valence-electron chi connectivity index (χ3n) is 5.10. The maximum atomic E-state index is 2.61. The zero-order valence-electron chi connectivity index (χ0n) is 10.7. The first kappa shape index (κ1) is 12.9. The highest BCUT2D eigenvalue weighted by Crippen LogP contribution is 2.50. The summed E-state index contributed by atoms with van der Waals surface area (Å²) in [6.45, 7) is 2.42. The van der Waals surface area contributed by atoms with Gasteiger partial charge in [0.05, 0.1) is 0 Å². The van der Waals surface area contributed by atoms with Crippen molar-refractivity contribution in [2.75, 3.05) is 7.05 Å². The number of benzene rings is 1. The Bertz CT molecular complexity index is 378. The highest BCUT2D eigenvalue weighted by atomic mass is 35.5. The lowest BCUT2D eigenvalue weighted by atomic mass is 9.68. The van der Waals surface area contributed by atoms with Crippen molar-refractivity contribution in [1.82, 2.24) is 4.90 Å². The zero-order valence-corrected chi connectivity index (χ0v) is 11.5. The predicted molar refractivity (Wildman–Crippen MR) is 74.8 cm³/mol. The van der Waals surface area contributed by atoms with E-state index in [4.69, 9.17) is 0 Å². The molecule has 1 aromatic carbocycles. The fourth-order valence-corrected chi connectivity index (χ4v) is 3.98. The van der Waals surface area contributed by atoms with Gasteiger partial charge in [0.2, 0.25) is 0 Å². The molecule has 0 radical (unpaired) electrons. The minimum atomic E-state index is 0. The second-order valence-corrected chi connectivity index (χ2v) is 5.61. The molecule has 1 aromatic rings. The van der Waals surface area contributed by atoms with E-state index < -0.39 is 0 Å². The van der Waals surface area contributed by atoms with Crippen molar-refractivity contribution < 1.29 is 0 Å². The first-order valence-electron chi connectivity index (χ1n) is 6.51. The van der Waals surface area contributed by atoms with Gasteiger partial charge in [-0.3, -0.25) is 4.90 Å². The number of likely N-dealkylation sites (N-methyl/N-ethyl adjacent to an activating group) is 1. The van der Waals surface area contributed by atoms with Gasteiger partial charge < -0.3 is 0 Å². The lowest BCUT2D eigenvalue weighted by Crippen LogP contribution is -2.38. The largest absolute Gasteiger partial charge is 0.300 e. The Kier molecular flexibility index (Phi) is 3.51. The Morgan fingerprint density at radius 2 is 1.94 bits per heavy atom. The van der Waals surface area contributed by atoms with E-state index in [1.165, 1.54) is 25.7 Å². The predicted octanol–water partition coefficient (Wildman–Crippen LogP) is 3.62. The molecule has 0 spiro atoms. The highest BCUT2D eigenvalue weighted by molar-refractivity contribution is 5.85. The van der Waals surface area contributed by atoms with Gasteiger partial charge in [-0.1, -0.05) is 36.8 Å². The number of halogens is 1. The average molecular weight is 252 g/mol. The topological polar surface area (TPSA) is 3.24 Å². The molecule has 2 aliphatic rings. The summed E-state index contributed by atoms with van der Waals surface area (Å²) in [6, 6.07) is 12.7. The summed E-state index contributed by atoms with van der Waals surface area (Å²) in [5.41, 5.74) is 2.01. The molecule has 17 heavy (non-hydrogen) atoms. The number of nitrogens with zero attached hydrogens (tertiary/aromatic N) is 1. The van der Waals surface area contributed by atoms with E-state index in [0.717, 1.165) is 6.04 Å². The van der Waals surface area contributed by atoms with E-state index in [-0.39, 0.29) is 12.4 Å². The van der Waals surface area contributed by atoms with Crippen LogP contribution in [0.5, 0.6) is 0 Å². The Morgan fingerprint density at radius 3 is 2.65 bits per heavy atom. The third kappa shape index (κ3) is 1.80. The fourth-order valence-electron chi connectivity index (χ4n) is 3.98. The zero-order chi connectivity index (χ0) is 11.2. The Hall–Kier alpha value is -0.530. The molecular formula is C15H22ClN. The van der Waals surface area contributed by atoms with E-state index >= 15 is 0 Å². The standard InChI is InChI=1S/C15H21N.ClH/c1-12-15(13-7-4-3-5-8-13)10-6-9-14(11-15)16(12)2;/h3-5,7-8,12,14H,6,9-11H2,1-2H3;1H. The van der Waals surface area contributed by atoms with E-state index in [1.54, 1.807) is 5.56 Å². The Morgan fingerprint density at radius 1 is 1.24 bits per heavy atom. The van der Waals surface area contributed by atoms with Crippen LogP contribution in [-0.2, 0) is 5.41 Å². The molecule has 1 heterocycles. The first-order valence-corrected chi connectivity index (χ1v) is 6.51. The fraction of sp³-hybridized carbons (Fsp3) is 0.600. The van der Waals surface area contributed by atoms with Crippen LogP contribution >= 0.6 is 12.4 Å². The van der Waals surface area contributed by atoms with Crippen molar-refractivity contribution in [1.29, 1.82) is 0 Å². The van der Waals surface area contributed by atoms with Gasteiger partial charge in [0.25, 0.3) is 0 Å². The molecule has 1 aliphatic heterocycles. The van der Waals surface area contributed by atoms with Crippen LogP contribution < -0.4 is 0 Å². The van der Waals surface area contributed by atoms with Crippen LogP contribution in [0.25, 0.3) is 0 Å². The van der Waals surface area contributed by atoms with Gasteiger partial charge in [0.1, 0.15) is 0 Å². The highest BCUT2D eigenvalue weighted by Gasteiger charge is 2.51. The lowest BCUT2D eigenvalue weighted by molar-refractivity contribution is 0.239. The van der Waals surface area contributed by atoms with Crippen molar-refractivity contribution in [3.63, 3.8) is 0 Å². The van der Waals surface area contributed by atoms with Crippen LogP contribution in [0.15, 0.2) is 30.3 Å². The van der Waals surface area contributed by atoms with E-state index in [2.05, 4.69) is 49.2 Å². The molecule has 1 saturated carbocycles. The second-order valence-electron chi connectivity index (χ2n) is 5.61. The van der Waals surface area contributed by atoms with Crippen molar-refractivity contribution in [3.8, 4) is 0 Å². The smallest absolute Gasteiger partial charge is 0.0164 e. The number of rotatable bonds is 1. The Balaban J connectivity index is 0.00000108. The molecule has 3 unspecified atom stereocenters. The maximum Gasteiger partial charge on any atom is 0.0164 e. The average Bonchev–Trinajstić information content (AvgIpc) is 2.53. The van der Waals surface area contributed by atoms with Crippen molar-refractivity contribution >= 4 is 12.4 Å². The number of fused-ring (bicyclic) bond motifs is 2. The van der Waals surface area contributed by atoms with Crippen LogP contribution in [0.2, 0.25) is 0 Å². The van der Waals surface area contributed by atoms with Crippen molar-refractivity contribution in [2.45, 2.75) is 50.1 Å². The van der Waals surface area contributed by atoms with Crippen LogP contribution in [0.4, 0.5) is 0 Å². The molecule has 3 rings (SSSR count). The summed E-state index contributed by atoms with van der Waals surface area (Å²) in [7, 11) is 2.31. The van der Waals surface area contributed by atoms with Gasteiger partial charge in [-0.05, 0) is 38.8 Å². The van der Waals surface area contributed by atoms with Gasteiger partial charge in [0, 0.05) is 17.5 Å². The molecular weight excluding hydrogens is 230 g/mol. The minimum Gasteiger partial charge on any atom is -0.300 e. The molecule has 2 fully saturated rings. The van der Waals surface area contributed by atoms with Crippen LogP contribution in [0.1, 0.15) is 38.2 Å². The summed E-state index contributed by atoms with van der Waals surface area (Å²) >= 11 is 0. The molecule has 0 N–H and O–H groups in total. The number of hydrogen-bond donors (Lipinski definition) is 0. The minimum absolute atomic E-state index is 0. The monoisotopic (exact) mass is 251 g/mol. The van der Waals surface area contributed by atoms with Gasteiger partial charge in [-0.15, -0.1) is 12.4 Å². The molecule has 0 aromatic heterocycles. The number of likely N-dealkylation sites (tertiary alicyclic amines) is 1. The second kappa shape index (κ2) is 4.62. The molecule has 1 nitrogen and oxygen atoms in total. The van der Waals surface area contributed by atoms with E-state index in [9.17, 15) is 0 Å². The van der Waals surface area contributed by atoms with Crippen LogP contribution in [0.3, 0.4) is 0 Å². The van der Waals surface area contributed by atoms with E-state index in [1.807, 2.05) is 0 Å². The summed E-state index contributed by atoms with van der Waals surface area (Å²) in [6.07, 6.45) is 5.54. The summed E-state index contributed by atoms with van der Waals surface area (Å²) < 4.78 is 0. The normalized spacial score (nSPS) is 36.6. The molecule has 94 valence electrons. The Labute approximate surface area is 111 Å². The van der Waals surface area contributed by atoms with Crippen molar-refractivity contribution in [3.05, 3.63) is 35.9 Å². The van der Waals surface area contributed by atoms with Gasteiger partial charge in [0.15, 0.2) is 0 Å². The van der Waals surface area contributed by atoms with Crippen LogP contribution in [-0.4, -0.2) is 24.0 Å². The number of hydrogen-bond acceptors (Lipinski definition) is 1. The van der Waals surface area contributed by atoms with Gasteiger partial charge in [-0.25, -0.2) is 0 Å². The summed E-state index contributed by atoms with van der Waals surface area (Å²) in [5, 5.41) is 0. The molecule has 2 bridgehead atoms. The first-order chi connectivity index (χ1) is 7.74. The molecule has 3 atom stereocenters. The maximum absolute atomic E-state index is 2.61. The SMILES string of the molecule is CC1N(C)C2CCCC1(c1ccccc1)C2.Cl. The summed E-state index contributed by atoms with van der Waals surface area (Å²) in [5.74, 6) is 0. The van der Waals surface area contributed by atoms with Crippen LogP contribution in [0, 0.1) is 0 Å². The van der Waals surface area contributed by atoms with Gasteiger partial charge >= 0.3 is 0 Å². The molecule has 0 amide bonds. The third-order valence-corrected chi connectivity index (χ3v) is 5.10. The van der Waals surface area contributed by atoms with Crippen molar-refractivity contribution in [2.24, 2.45) is 0 Å². The lowest BCUT2D eigenvalue weighted by Gasteiger charge is -2.36. The van der Waals surface area contributed by atoms with Gasteiger partial charge in [-0.2, -0.15) is 0 Å². The molecule has 1 saturated heterocycles. The molecule has 1 aliphatic carbocycles.